The zero-order valence-electron chi connectivity index (χ0n) is 10.6. The number of nitro benzene ring substituents is 1. The predicted octanol–water partition coefficient (Wildman–Crippen LogP) is 2.13. The number of benzene rings is 1. The Bertz CT molecular complexity index is 530. The maximum absolute atomic E-state index is 11.7. The first kappa shape index (κ1) is 14.6. The van der Waals surface area contributed by atoms with Crippen molar-refractivity contribution in [1.82, 2.24) is 0 Å². The van der Waals surface area contributed by atoms with Gasteiger partial charge >= 0.3 is 5.97 Å². The Labute approximate surface area is 109 Å². The molecule has 0 spiro atoms. The normalized spacial score (nSPS) is 10.9. The van der Waals surface area contributed by atoms with Gasteiger partial charge in [0.15, 0.2) is 5.78 Å². The number of carbonyl (C=O) groups is 2. The van der Waals surface area contributed by atoms with Gasteiger partial charge in [-0.05, 0) is 12.1 Å². The zero-order valence-corrected chi connectivity index (χ0v) is 10.6. The lowest BCUT2D eigenvalue weighted by molar-refractivity contribution is -0.385. The molecule has 1 aromatic carbocycles. The fourth-order valence-electron chi connectivity index (χ4n) is 1.49. The number of nitrogens with zero attached hydrogens (tertiary/aromatic N) is 1. The van der Waals surface area contributed by atoms with E-state index in [-0.39, 0.29) is 23.2 Å². The number of methoxy groups -OCH3 is 1. The molecule has 6 nitrogen and oxygen atoms in total. The fraction of sp³-hybridized carbons (Fsp3) is 0.231. The van der Waals surface area contributed by atoms with Gasteiger partial charge in [0, 0.05) is 12.5 Å². The zero-order chi connectivity index (χ0) is 14.4. The van der Waals surface area contributed by atoms with Gasteiger partial charge in [-0.15, -0.1) is 0 Å². The summed E-state index contributed by atoms with van der Waals surface area (Å²) in [7, 11) is 1.15. The standard InChI is InChI=1S/C13H13NO5/c1-3-12(15)10(13(16)19-2)8-9-6-4-5-7-11(9)14(17)18/h4-8H,3H2,1-2H3. The van der Waals surface area contributed by atoms with E-state index in [1.807, 2.05) is 0 Å². The van der Waals surface area contributed by atoms with Crippen molar-refractivity contribution in [2.75, 3.05) is 7.11 Å². The molecule has 0 aromatic heterocycles. The summed E-state index contributed by atoms with van der Waals surface area (Å²) < 4.78 is 4.51. The number of carbonyl (C=O) groups excluding carboxylic acids is 2. The minimum Gasteiger partial charge on any atom is -0.465 e. The second-order valence-corrected chi connectivity index (χ2v) is 3.64. The SMILES string of the molecule is CCC(=O)C(=Cc1ccccc1[N+](=O)[O-])C(=O)OC. The average molecular weight is 263 g/mol. The summed E-state index contributed by atoms with van der Waals surface area (Å²) >= 11 is 0. The van der Waals surface area contributed by atoms with Crippen molar-refractivity contribution in [3.63, 3.8) is 0 Å². The summed E-state index contributed by atoms with van der Waals surface area (Å²) in [6.45, 7) is 1.60. The number of hydrogen-bond acceptors (Lipinski definition) is 5. The molecule has 0 aliphatic heterocycles. The lowest BCUT2D eigenvalue weighted by Crippen LogP contribution is -2.13. The van der Waals surface area contributed by atoms with Crippen molar-refractivity contribution in [3.05, 3.63) is 45.5 Å². The second-order valence-electron chi connectivity index (χ2n) is 3.64. The molecule has 0 amide bonds. The topological polar surface area (TPSA) is 86.5 Å². The van der Waals surface area contributed by atoms with E-state index in [1.165, 1.54) is 24.3 Å². The summed E-state index contributed by atoms with van der Waals surface area (Å²) in [5.41, 5.74) is -0.179. The third-order valence-corrected chi connectivity index (χ3v) is 2.46. The molecular weight excluding hydrogens is 250 g/mol. The van der Waals surface area contributed by atoms with Crippen molar-refractivity contribution in [2.45, 2.75) is 13.3 Å². The smallest absolute Gasteiger partial charge is 0.341 e. The summed E-state index contributed by atoms with van der Waals surface area (Å²) in [5, 5.41) is 10.9. The molecular formula is C13H13NO5. The van der Waals surface area contributed by atoms with Gasteiger partial charge in [-0.3, -0.25) is 14.9 Å². The van der Waals surface area contributed by atoms with E-state index < -0.39 is 16.7 Å². The van der Waals surface area contributed by atoms with Crippen LogP contribution in [0.25, 0.3) is 6.08 Å². The van der Waals surface area contributed by atoms with E-state index in [2.05, 4.69) is 4.74 Å². The van der Waals surface area contributed by atoms with Gasteiger partial charge in [0.1, 0.15) is 5.57 Å². The molecule has 0 atom stereocenters. The number of para-hydroxylation sites is 1. The van der Waals surface area contributed by atoms with Crippen LogP contribution in [0.3, 0.4) is 0 Å². The van der Waals surface area contributed by atoms with E-state index in [0.717, 1.165) is 7.11 Å². The number of rotatable bonds is 5. The number of esters is 1. The molecule has 0 fully saturated rings. The van der Waals surface area contributed by atoms with Gasteiger partial charge < -0.3 is 4.74 Å². The highest BCUT2D eigenvalue weighted by atomic mass is 16.6. The average Bonchev–Trinajstić information content (AvgIpc) is 2.43. The van der Waals surface area contributed by atoms with Crippen molar-refractivity contribution in [2.24, 2.45) is 0 Å². The second kappa shape index (κ2) is 6.44. The molecule has 0 saturated heterocycles. The van der Waals surface area contributed by atoms with Crippen LogP contribution in [0.2, 0.25) is 0 Å². The molecule has 6 heteroatoms. The molecule has 0 aliphatic carbocycles. The number of Topliss-reactive ketones (excluding diaryl/α,β-unsaturated/α-hetero) is 1. The lowest BCUT2D eigenvalue weighted by Gasteiger charge is -2.03. The molecule has 0 heterocycles. The first-order chi connectivity index (χ1) is 9.01. The third-order valence-electron chi connectivity index (χ3n) is 2.46. The first-order valence-corrected chi connectivity index (χ1v) is 5.57. The molecule has 1 rings (SSSR count). The summed E-state index contributed by atoms with van der Waals surface area (Å²) in [4.78, 5) is 33.5. The van der Waals surface area contributed by atoms with Crippen molar-refractivity contribution in [1.29, 1.82) is 0 Å². The highest BCUT2D eigenvalue weighted by molar-refractivity contribution is 6.20. The molecule has 0 radical (unpaired) electrons. The van der Waals surface area contributed by atoms with Gasteiger partial charge in [0.25, 0.3) is 5.69 Å². The quantitative estimate of drug-likeness (QED) is 0.203. The van der Waals surface area contributed by atoms with Crippen LogP contribution in [0.15, 0.2) is 29.8 Å². The van der Waals surface area contributed by atoms with Crippen molar-refractivity contribution >= 4 is 23.5 Å². The Hall–Kier alpha value is -2.50. The van der Waals surface area contributed by atoms with Crippen LogP contribution < -0.4 is 0 Å². The van der Waals surface area contributed by atoms with E-state index in [9.17, 15) is 19.7 Å². The molecule has 0 unspecified atom stereocenters. The molecule has 0 bridgehead atoms. The predicted molar refractivity (Wildman–Crippen MR) is 68.4 cm³/mol. The first-order valence-electron chi connectivity index (χ1n) is 5.57. The number of ether oxygens (including phenoxy) is 1. The minimum absolute atomic E-state index is 0.113. The van der Waals surface area contributed by atoms with Crippen LogP contribution in [0, 0.1) is 10.1 Å². The van der Waals surface area contributed by atoms with Crippen LogP contribution in [-0.4, -0.2) is 23.8 Å². The van der Waals surface area contributed by atoms with Crippen LogP contribution in [0.4, 0.5) is 5.69 Å². The Morgan fingerprint density at radius 3 is 2.53 bits per heavy atom. The van der Waals surface area contributed by atoms with Gasteiger partial charge in [-0.25, -0.2) is 4.79 Å². The van der Waals surface area contributed by atoms with E-state index in [0.29, 0.717) is 0 Å². The molecule has 0 saturated carbocycles. The van der Waals surface area contributed by atoms with Crippen LogP contribution in [0.1, 0.15) is 18.9 Å². The van der Waals surface area contributed by atoms with Crippen LogP contribution in [-0.2, 0) is 14.3 Å². The summed E-state index contributed by atoms with van der Waals surface area (Å²) in [5.74, 6) is -1.23. The molecule has 1 aromatic rings. The van der Waals surface area contributed by atoms with Gasteiger partial charge in [0.05, 0.1) is 17.6 Å². The highest BCUT2D eigenvalue weighted by Crippen LogP contribution is 2.21. The number of hydrogen-bond donors (Lipinski definition) is 0. The number of nitro groups is 1. The van der Waals surface area contributed by atoms with E-state index >= 15 is 0 Å². The monoisotopic (exact) mass is 263 g/mol. The Kier molecular flexibility index (Phi) is 4.93. The van der Waals surface area contributed by atoms with Gasteiger partial charge in [-0.1, -0.05) is 19.1 Å². The minimum atomic E-state index is -0.801. The van der Waals surface area contributed by atoms with Crippen LogP contribution >= 0.6 is 0 Å². The summed E-state index contributed by atoms with van der Waals surface area (Å²) in [6, 6.07) is 5.86. The van der Waals surface area contributed by atoms with Crippen LogP contribution in [0.5, 0.6) is 0 Å². The maximum Gasteiger partial charge on any atom is 0.341 e. The summed E-state index contributed by atoms with van der Waals surface area (Å²) in [6.07, 6.45) is 1.30. The third kappa shape index (κ3) is 3.48. The molecule has 0 aliphatic rings. The Morgan fingerprint density at radius 2 is 2.00 bits per heavy atom. The maximum atomic E-state index is 11.7. The fourth-order valence-corrected chi connectivity index (χ4v) is 1.49. The Balaban J connectivity index is 3.34. The van der Waals surface area contributed by atoms with E-state index in [1.54, 1.807) is 13.0 Å². The van der Waals surface area contributed by atoms with Crippen molar-refractivity contribution < 1.29 is 19.2 Å². The van der Waals surface area contributed by atoms with E-state index in [4.69, 9.17) is 0 Å². The highest BCUT2D eigenvalue weighted by Gasteiger charge is 2.19. The number of ketones is 1. The largest absolute Gasteiger partial charge is 0.465 e. The Morgan fingerprint density at radius 1 is 1.37 bits per heavy atom. The van der Waals surface area contributed by atoms with Gasteiger partial charge in [-0.2, -0.15) is 0 Å². The molecule has 100 valence electrons. The van der Waals surface area contributed by atoms with Gasteiger partial charge in [0.2, 0.25) is 0 Å². The van der Waals surface area contributed by atoms with Crippen molar-refractivity contribution in [3.8, 4) is 0 Å². The molecule has 0 N–H and O–H groups in total. The molecule has 19 heavy (non-hydrogen) atoms. The lowest BCUT2D eigenvalue weighted by atomic mass is 10.0.